The van der Waals surface area contributed by atoms with Gasteiger partial charge in [-0.2, -0.15) is 0 Å². The van der Waals surface area contributed by atoms with Crippen LogP contribution in [0.4, 0.5) is 0 Å². The van der Waals surface area contributed by atoms with Crippen molar-refractivity contribution in [3.05, 3.63) is 47.9 Å². The fourth-order valence-corrected chi connectivity index (χ4v) is 1.23. The van der Waals surface area contributed by atoms with Crippen LogP contribution in [0.25, 0.3) is 0 Å². The third kappa shape index (κ3) is 2.25. The summed E-state index contributed by atoms with van der Waals surface area (Å²) in [7, 11) is 0. The molecule has 0 aromatic heterocycles. The zero-order valence-electron chi connectivity index (χ0n) is 7.40. The molecule has 1 aliphatic heterocycles. The predicted octanol–water partition coefficient (Wildman–Crippen LogP) is 2.46. The molecule has 1 aromatic carbocycles. The van der Waals surface area contributed by atoms with Crippen LogP contribution in [0.3, 0.4) is 0 Å². The van der Waals surface area contributed by atoms with Crippen LogP contribution >= 0.6 is 0 Å². The molecule has 13 heavy (non-hydrogen) atoms. The molecule has 0 unspecified atom stereocenters. The first kappa shape index (κ1) is 8.17. The van der Waals surface area contributed by atoms with Crippen LogP contribution < -0.4 is 0 Å². The van der Waals surface area contributed by atoms with E-state index in [1.165, 1.54) is 5.56 Å². The molecule has 0 spiro atoms. The monoisotopic (exact) mass is 176 g/mol. The third-order valence-electron chi connectivity index (χ3n) is 1.95. The number of benzene rings is 1. The van der Waals surface area contributed by atoms with Gasteiger partial charge in [0.05, 0.1) is 6.61 Å². The molecule has 0 amide bonds. The Labute approximate surface area is 77.8 Å². The first-order chi connectivity index (χ1) is 6.45. The van der Waals surface area contributed by atoms with Crippen molar-refractivity contribution in [3.63, 3.8) is 0 Å². The van der Waals surface area contributed by atoms with E-state index in [1.807, 2.05) is 18.2 Å². The minimum atomic E-state index is 0.635. The number of rotatable bonds is 3. The standard InChI is InChI=1S/C11H12O2/c1-2-4-10(5-3-1)8-13-11-6-7-12-9-11/h1-5,9H,6-8H2. The molecule has 68 valence electrons. The Bertz CT molecular complexity index is 290. The summed E-state index contributed by atoms with van der Waals surface area (Å²) in [4.78, 5) is 0. The highest BCUT2D eigenvalue weighted by Gasteiger charge is 2.05. The first-order valence-electron chi connectivity index (χ1n) is 4.42. The maximum absolute atomic E-state index is 5.53. The average Bonchev–Trinajstić information content (AvgIpc) is 2.69. The van der Waals surface area contributed by atoms with E-state index in [2.05, 4.69) is 12.1 Å². The lowest BCUT2D eigenvalue weighted by Crippen LogP contribution is -1.91. The quantitative estimate of drug-likeness (QED) is 0.704. The predicted molar refractivity (Wildman–Crippen MR) is 49.9 cm³/mol. The van der Waals surface area contributed by atoms with E-state index < -0.39 is 0 Å². The van der Waals surface area contributed by atoms with Crippen molar-refractivity contribution in [2.75, 3.05) is 6.61 Å². The van der Waals surface area contributed by atoms with Gasteiger partial charge in [0.2, 0.25) is 0 Å². The third-order valence-corrected chi connectivity index (χ3v) is 1.95. The summed E-state index contributed by atoms with van der Waals surface area (Å²) in [5.41, 5.74) is 1.19. The molecular formula is C11H12O2. The highest BCUT2D eigenvalue weighted by molar-refractivity contribution is 5.13. The van der Waals surface area contributed by atoms with Gasteiger partial charge in [0.1, 0.15) is 18.6 Å². The molecule has 0 radical (unpaired) electrons. The maximum atomic E-state index is 5.53. The Balaban J connectivity index is 1.86. The zero-order valence-corrected chi connectivity index (χ0v) is 7.40. The lowest BCUT2D eigenvalue weighted by molar-refractivity contribution is 0.194. The lowest BCUT2D eigenvalue weighted by Gasteiger charge is -2.04. The van der Waals surface area contributed by atoms with Crippen molar-refractivity contribution < 1.29 is 9.47 Å². The second kappa shape index (κ2) is 3.99. The Kier molecular flexibility index (Phi) is 2.51. The molecule has 0 saturated carbocycles. The molecule has 2 nitrogen and oxygen atoms in total. The van der Waals surface area contributed by atoms with Gasteiger partial charge in [-0.15, -0.1) is 0 Å². The van der Waals surface area contributed by atoms with Crippen molar-refractivity contribution in [1.29, 1.82) is 0 Å². The van der Waals surface area contributed by atoms with E-state index in [-0.39, 0.29) is 0 Å². The van der Waals surface area contributed by atoms with Gasteiger partial charge in [-0.1, -0.05) is 30.3 Å². The number of hydrogen-bond donors (Lipinski definition) is 0. The van der Waals surface area contributed by atoms with Crippen LogP contribution in [0.5, 0.6) is 0 Å². The van der Waals surface area contributed by atoms with Crippen LogP contribution in [0, 0.1) is 0 Å². The summed E-state index contributed by atoms with van der Waals surface area (Å²) < 4.78 is 10.6. The van der Waals surface area contributed by atoms with E-state index in [0.717, 1.165) is 18.8 Å². The fourth-order valence-electron chi connectivity index (χ4n) is 1.23. The van der Waals surface area contributed by atoms with Gasteiger partial charge < -0.3 is 9.47 Å². The molecule has 2 rings (SSSR count). The molecule has 0 atom stereocenters. The van der Waals surface area contributed by atoms with E-state index in [1.54, 1.807) is 6.26 Å². The minimum Gasteiger partial charge on any atom is -0.497 e. The fraction of sp³-hybridized carbons (Fsp3) is 0.273. The SMILES string of the molecule is C1=C(OCc2ccccc2)CCO1. The summed E-state index contributed by atoms with van der Waals surface area (Å²) >= 11 is 0. The average molecular weight is 176 g/mol. The van der Waals surface area contributed by atoms with Crippen molar-refractivity contribution in [1.82, 2.24) is 0 Å². The Hall–Kier alpha value is -1.44. The van der Waals surface area contributed by atoms with Crippen LogP contribution in [-0.2, 0) is 16.1 Å². The Morgan fingerprint density at radius 3 is 2.77 bits per heavy atom. The zero-order chi connectivity index (χ0) is 8.93. The largest absolute Gasteiger partial charge is 0.497 e. The molecule has 2 heteroatoms. The Morgan fingerprint density at radius 2 is 2.08 bits per heavy atom. The Morgan fingerprint density at radius 1 is 1.23 bits per heavy atom. The normalized spacial score (nSPS) is 14.9. The van der Waals surface area contributed by atoms with Gasteiger partial charge in [0.15, 0.2) is 0 Å². The molecular weight excluding hydrogens is 164 g/mol. The van der Waals surface area contributed by atoms with Gasteiger partial charge in [0, 0.05) is 6.42 Å². The van der Waals surface area contributed by atoms with Crippen LogP contribution in [0.15, 0.2) is 42.4 Å². The van der Waals surface area contributed by atoms with Gasteiger partial charge in [-0.05, 0) is 5.56 Å². The molecule has 1 heterocycles. The van der Waals surface area contributed by atoms with Crippen LogP contribution in [-0.4, -0.2) is 6.61 Å². The van der Waals surface area contributed by atoms with Crippen molar-refractivity contribution in [2.45, 2.75) is 13.0 Å². The summed E-state index contributed by atoms with van der Waals surface area (Å²) in [6.45, 7) is 1.39. The second-order valence-corrected chi connectivity index (χ2v) is 2.98. The highest BCUT2D eigenvalue weighted by atomic mass is 16.5. The van der Waals surface area contributed by atoms with E-state index >= 15 is 0 Å². The van der Waals surface area contributed by atoms with E-state index in [9.17, 15) is 0 Å². The molecule has 0 fully saturated rings. The van der Waals surface area contributed by atoms with Gasteiger partial charge in [-0.3, -0.25) is 0 Å². The molecule has 0 aliphatic carbocycles. The summed E-state index contributed by atoms with van der Waals surface area (Å²) in [5, 5.41) is 0. The summed E-state index contributed by atoms with van der Waals surface area (Å²) in [6.07, 6.45) is 2.59. The lowest BCUT2D eigenvalue weighted by atomic mass is 10.2. The van der Waals surface area contributed by atoms with Gasteiger partial charge >= 0.3 is 0 Å². The molecule has 1 aromatic rings. The smallest absolute Gasteiger partial charge is 0.134 e. The molecule has 0 bridgehead atoms. The number of hydrogen-bond acceptors (Lipinski definition) is 2. The van der Waals surface area contributed by atoms with Gasteiger partial charge in [0.25, 0.3) is 0 Å². The molecule has 1 aliphatic rings. The maximum Gasteiger partial charge on any atom is 0.134 e. The first-order valence-corrected chi connectivity index (χ1v) is 4.42. The minimum absolute atomic E-state index is 0.635. The summed E-state index contributed by atoms with van der Waals surface area (Å²) in [6, 6.07) is 10.1. The van der Waals surface area contributed by atoms with Crippen LogP contribution in [0.1, 0.15) is 12.0 Å². The topological polar surface area (TPSA) is 18.5 Å². The van der Waals surface area contributed by atoms with Crippen molar-refractivity contribution in [2.24, 2.45) is 0 Å². The van der Waals surface area contributed by atoms with Crippen LogP contribution in [0.2, 0.25) is 0 Å². The van der Waals surface area contributed by atoms with E-state index in [0.29, 0.717) is 6.61 Å². The van der Waals surface area contributed by atoms with Crippen molar-refractivity contribution >= 4 is 0 Å². The molecule has 0 saturated heterocycles. The van der Waals surface area contributed by atoms with Gasteiger partial charge in [-0.25, -0.2) is 0 Å². The van der Waals surface area contributed by atoms with Crippen molar-refractivity contribution in [3.8, 4) is 0 Å². The second-order valence-electron chi connectivity index (χ2n) is 2.98. The highest BCUT2D eigenvalue weighted by Crippen LogP contribution is 2.13. The number of ether oxygens (including phenoxy) is 2. The summed E-state index contributed by atoms with van der Waals surface area (Å²) in [5.74, 6) is 0.948. The van der Waals surface area contributed by atoms with E-state index in [4.69, 9.17) is 9.47 Å². The molecule has 0 N–H and O–H groups in total.